The van der Waals surface area contributed by atoms with Crippen LogP contribution < -0.4 is 30.2 Å². The molecule has 0 bridgehead atoms. The lowest BCUT2D eigenvalue weighted by Gasteiger charge is -2.28. The van der Waals surface area contributed by atoms with Crippen LogP contribution in [0.2, 0.25) is 0 Å². The maximum absolute atomic E-state index is 5.41. The van der Waals surface area contributed by atoms with Gasteiger partial charge in [0.05, 0.1) is 22.8 Å². The minimum absolute atomic E-state index is 0.257. The van der Waals surface area contributed by atoms with Crippen LogP contribution in [0, 0.1) is 0 Å². The summed E-state index contributed by atoms with van der Waals surface area (Å²) in [6, 6.07) is 24.8. The van der Waals surface area contributed by atoms with E-state index in [4.69, 9.17) is 34.9 Å². The Morgan fingerprint density at radius 3 is 1.23 bits per heavy atom. The van der Waals surface area contributed by atoms with Crippen LogP contribution in [0.25, 0.3) is 44.8 Å². The third-order valence-corrected chi connectivity index (χ3v) is 13.6. The Kier molecular flexibility index (Phi) is 22.3. The molecule has 0 unspecified atom stereocenters. The third kappa shape index (κ3) is 16.7. The second kappa shape index (κ2) is 28.3. The fourth-order valence-corrected chi connectivity index (χ4v) is 8.46. The van der Waals surface area contributed by atoms with E-state index in [2.05, 4.69) is 116 Å². The highest BCUT2D eigenvalue weighted by molar-refractivity contribution is 5.88. The number of pyridine rings is 7. The van der Waals surface area contributed by atoms with Gasteiger partial charge in [-0.15, -0.1) is 0 Å². The molecule has 0 saturated heterocycles. The number of nitrogens with zero attached hydrogens (tertiary/aromatic N) is 11. The Hall–Kier alpha value is -7.15. The van der Waals surface area contributed by atoms with Crippen LogP contribution >= 0.6 is 0 Å². The smallest absolute Gasteiger partial charge is 0.139 e. The van der Waals surface area contributed by atoms with Crippen molar-refractivity contribution in [2.45, 2.75) is 138 Å². The first-order valence-corrected chi connectivity index (χ1v) is 27.8. The Morgan fingerprint density at radius 1 is 0.442 bits per heavy atom. The summed E-state index contributed by atoms with van der Waals surface area (Å²) in [4.78, 5) is 42.8. The van der Waals surface area contributed by atoms with Crippen molar-refractivity contribution in [1.82, 2.24) is 34.9 Å². The van der Waals surface area contributed by atoms with E-state index in [-0.39, 0.29) is 10.8 Å². The molecule has 77 heavy (non-hydrogen) atoms. The number of unbranched alkanes of at least 4 members (excludes halogenated alkanes) is 6. The van der Waals surface area contributed by atoms with Gasteiger partial charge in [-0.25, -0.2) is 29.9 Å². The summed E-state index contributed by atoms with van der Waals surface area (Å²) >= 11 is 0. The zero-order valence-corrected chi connectivity index (χ0v) is 50.1. The summed E-state index contributed by atoms with van der Waals surface area (Å²) < 4.78 is 0. The van der Waals surface area contributed by atoms with E-state index in [9.17, 15) is 0 Å². The maximum Gasteiger partial charge on any atom is 0.139 e. The fourth-order valence-electron chi connectivity index (χ4n) is 8.46. The Bertz CT molecular complexity index is 2870. The molecule has 0 radical (unpaired) electrons. The molecular formula is C64H91N13. The van der Waals surface area contributed by atoms with Crippen molar-refractivity contribution in [2.24, 2.45) is 0 Å². The van der Waals surface area contributed by atoms with Gasteiger partial charge in [0, 0.05) is 138 Å². The van der Waals surface area contributed by atoms with Gasteiger partial charge in [-0.05, 0) is 84.1 Å². The molecule has 13 nitrogen and oxygen atoms in total. The number of rotatable bonds is 20. The van der Waals surface area contributed by atoms with Gasteiger partial charge in [-0.1, -0.05) is 121 Å². The van der Waals surface area contributed by atoms with E-state index < -0.39 is 0 Å². The van der Waals surface area contributed by atoms with Crippen molar-refractivity contribution >= 4 is 46.3 Å². The number of hydrogen-bond donors (Lipinski definition) is 2. The maximum atomic E-state index is 5.41. The first kappa shape index (κ1) is 60.7. The SMILES string of the molecule is CCC(C)(C)c1nc(-c2ccc(N(C)C)nc2)cc(Nc2cc(Nc3nc(-c4ccc(N(C)C)nc4)cc(C(C)(C)C)c3-c3ccc(N(C)C)nc3)ccn2)c1-c1ccc(N(C)C)nc1.CCCCCC.CCCCCC. The predicted molar refractivity (Wildman–Crippen MR) is 331 cm³/mol. The number of nitrogens with one attached hydrogen (secondary N) is 2. The van der Waals surface area contributed by atoms with Crippen LogP contribution in [-0.2, 0) is 10.8 Å². The molecule has 2 N–H and O–H groups in total. The Balaban J connectivity index is 0.000000818. The number of hydrogen-bond acceptors (Lipinski definition) is 13. The quantitative estimate of drug-likeness (QED) is 0.0704. The first-order valence-electron chi connectivity index (χ1n) is 27.8. The highest BCUT2D eigenvalue weighted by Gasteiger charge is 2.29. The zero-order chi connectivity index (χ0) is 56.5. The van der Waals surface area contributed by atoms with Gasteiger partial charge in [0.2, 0.25) is 0 Å². The van der Waals surface area contributed by atoms with Gasteiger partial charge in [-0.2, -0.15) is 0 Å². The Morgan fingerprint density at radius 2 is 0.857 bits per heavy atom. The molecule has 7 rings (SSSR count). The Labute approximate surface area is 463 Å². The molecule has 0 saturated carbocycles. The molecule has 0 aliphatic carbocycles. The molecule has 7 aromatic rings. The molecule has 0 fully saturated rings. The van der Waals surface area contributed by atoms with Crippen molar-refractivity contribution < 1.29 is 0 Å². The summed E-state index contributed by atoms with van der Waals surface area (Å²) in [5.74, 6) is 4.82. The third-order valence-electron chi connectivity index (χ3n) is 13.6. The predicted octanol–water partition coefficient (Wildman–Crippen LogP) is 16.0. The van der Waals surface area contributed by atoms with Crippen molar-refractivity contribution in [3.05, 3.63) is 115 Å². The van der Waals surface area contributed by atoms with Crippen molar-refractivity contribution in [3.8, 4) is 44.8 Å². The van der Waals surface area contributed by atoms with E-state index in [0.717, 1.165) is 97.1 Å². The van der Waals surface area contributed by atoms with E-state index >= 15 is 0 Å². The summed E-state index contributed by atoms with van der Waals surface area (Å²) in [6.45, 7) is 22.3. The first-order chi connectivity index (χ1) is 36.6. The van der Waals surface area contributed by atoms with Crippen LogP contribution in [0.3, 0.4) is 0 Å². The zero-order valence-electron chi connectivity index (χ0n) is 50.1. The summed E-state index contributed by atoms with van der Waals surface area (Å²) in [5, 5.41) is 7.51. The minimum Gasteiger partial charge on any atom is -0.363 e. The fraction of sp³-hybridized carbons (Fsp3) is 0.453. The van der Waals surface area contributed by atoms with Crippen molar-refractivity contribution in [2.75, 3.05) is 86.6 Å². The standard InChI is InChI=1S/C52H63N13.2C6H14/c1-15-52(5,6)49-48(36-19-23-46(57-32-36)65(13)14)41(28-40(60-49)34-17-21-44(55-30-34)63(9)10)59-42-26-37(24-25-53-42)58-50-47(35-18-22-45(56-31-35)64(11)12)38(51(2,3)4)27-39(61-50)33-16-20-43(54-29-33)62(7)8;2*1-3-5-6-4-2/h16-32H,15H2,1-14H3,(H2,53,58,59,60,61);2*3-6H2,1-2H3. The molecule has 0 aliphatic heterocycles. The lowest BCUT2D eigenvalue weighted by Crippen LogP contribution is -2.20. The molecule has 0 spiro atoms. The molecule has 13 heteroatoms. The monoisotopic (exact) mass is 1040 g/mol. The highest BCUT2D eigenvalue weighted by atomic mass is 15.1. The molecule has 0 atom stereocenters. The van der Waals surface area contributed by atoms with E-state index in [0.29, 0.717) is 11.6 Å². The molecule has 0 aliphatic rings. The van der Waals surface area contributed by atoms with Gasteiger partial charge in [0.15, 0.2) is 0 Å². The van der Waals surface area contributed by atoms with Crippen LogP contribution in [-0.4, -0.2) is 91.3 Å². The number of aromatic nitrogens is 7. The van der Waals surface area contributed by atoms with Gasteiger partial charge in [0.1, 0.15) is 34.9 Å². The van der Waals surface area contributed by atoms with Crippen LogP contribution in [0.4, 0.5) is 46.3 Å². The summed E-state index contributed by atoms with van der Waals surface area (Å²) in [5.41, 5.74) is 10.5. The van der Waals surface area contributed by atoms with E-state index in [1.807, 2.05) is 143 Å². The van der Waals surface area contributed by atoms with Gasteiger partial charge in [0.25, 0.3) is 0 Å². The largest absolute Gasteiger partial charge is 0.363 e. The van der Waals surface area contributed by atoms with Crippen LogP contribution in [0.5, 0.6) is 0 Å². The average molecular weight is 1040 g/mol. The molecule has 7 heterocycles. The lowest BCUT2D eigenvalue weighted by atomic mass is 9.81. The molecular weight excluding hydrogens is 951 g/mol. The minimum atomic E-state index is -0.296. The van der Waals surface area contributed by atoms with E-state index in [1.165, 1.54) is 51.4 Å². The van der Waals surface area contributed by atoms with Gasteiger partial charge < -0.3 is 30.2 Å². The molecule has 7 aromatic heterocycles. The second-order valence-electron chi connectivity index (χ2n) is 22.3. The van der Waals surface area contributed by atoms with E-state index in [1.54, 1.807) is 0 Å². The number of anilines is 8. The van der Waals surface area contributed by atoms with Crippen LogP contribution in [0.1, 0.15) is 138 Å². The highest BCUT2D eigenvalue weighted by Crippen LogP contribution is 2.44. The van der Waals surface area contributed by atoms with Gasteiger partial charge >= 0.3 is 0 Å². The van der Waals surface area contributed by atoms with Gasteiger partial charge in [-0.3, -0.25) is 4.98 Å². The van der Waals surface area contributed by atoms with Crippen molar-refractivity contribution in [3.63, 3.8) is 0 Å². The molecule has 0 amide bonds. The second-order valence-corrected chi connectivity index (χ2v) is 22.3. The van der Waals surface area contributed by atoms with Crippen molar-refractivity contribution in [1.29, 1.82) is 0 Å². The molecule has 412 valence electrons. The lowest BCUT2D eigenvalue weighted by molar-refractivity contribution is 0.493. The topological polar surface area (TPSA) is 127 Å². The average Bonchev–Trinajstić information content (AvgIpc) is 3.44. The summed E-state index contributed by atoms with van der Waals surface area (Å²) in [7, 11) is 15.9. The van der Waals surface area contributed by atoms with Crippen LogP contribution in [0.15, 0.2) is 104 Å². The molecule has 0 aromatic carbocycles. The normalized spacial score (nSPS) is 11.2. The summed E-state index contributed by atoms with van der Waals surface area (Å²) in [6.07, 6.45) is 21.4.